The van der Waals surface area contributed by atoms with Crippen molar-refractivity contribution < 1.29 is 9.84 Å². The Labute approximate surface area is 109 Å². The molecule has 2 aliphatic rings. The van der Waals surface area contributed by atoms with Crippen molar-refractivity contribution in [2.75, 3.05) is 6.61 Å². The number of benzene rings is 1. The maximum absolute atomic E-state index is 9.78. The van der Waals surface area contributed by atoms with E-state index in [1.54, 1.807) is 0 Å². The topological polar surface area (TPSA) is 29.5 Å². The Bertz CT molecular complexity index is 410. The zero-order chi connectivity index (χ0) is 12.4. The number of hydrogen-bond acceptors (Lipinski definition) is 2. The second-order valence-electron chi connectivity index (χ2n) is 5.68. The van der Waals surface area contributed by atoms with Gasteiger partial charge in [0.25, 0.3) is 0 Å². The largest absolute Gasteiger partial charge is 0.493 e. The van der Waals surface area contributed by atoms with Crippen LogP contribution in [0.25, 0.3) is 0 Å². The molecule has 3 rings (SSSR count). The van der Waals surface area contributed by atoms with Crippen LogP contribution in [0.15, 0.2) is 18.2 Å². The molecule has 0 radical (unpaired) electrons. The zero-order valence-corrected chi connectivity index (χ0v) is 10.9. The van der Waals surface area contributed by atoms with Crippen molar-refractivity contribution >= 4 is 0 Å². The number of aliphatic hydroxyl groups is 1. The summed E-state index contributed by atoms with van der Waals surface area (Å²) < 4.78 is 5.76. The molecule has 0 aromatic heterocycles. The molecule has 1 saturated carbocycles. The van der Waals surface area contributed by atoms with E-state index >= 15 is 0 Å². The first-order valence-electron chi connectivity index (χ1n) is 7.25. The first-order valence-corrected chi connectivity index (χ1v) is 7.25. The fourth-order valence-electron chi connectivity index (χ4n) is 2.81. The molecular weight excluding hydrogens is 224 g/mol. The van der Waals surface area contributed by atoms with Gasteiger partial charge in [0, 0.05) is 6.42 Å². The number of hydrogen-bond donors (Lipinski definition) is 1. The highest BCUT2D eigenvalue weighted by molar-refractivity contribution is 5.37. The number of aryl methyl sites for hydroxylation is 2. The Morgan fingerprint density at radius 2 is 1.94 bits per heavy atom. The lowest BCUT2D eigenvalue weighted by Gasteiger charge is -2.17. The normalized spacial score (nSPS) is 20.3. The van der Waals surface area contributed by atoms with Gasteiger partial charge in [0.15, 0.2) is 0 Å². The van der Waals surface area contributed by atoms with Crippen LogP contribution in [-0.2, 0) is 12.8 Å². The summed E-state index contributed by atoms with van der Waals surface area (Å²) in [7, 11) is 0. The summed E-state index contributed by atoms with van der Waals surface area (Å²) in [6, 6.07) is 6.48. The molecule has 98 valence electrons. The lowest BCUT2D eigenvalue weighted by Crippen LogP contribution is -2.14. The van der Waals surface area contributed by atoms with E-state index in [9.17, 15) is 5.11 Å². The quantitative estimate of drug-likeness (QED) is 0.865. The highest BCUT2D eigenvalue weighted by Crippen LogP contribution is 2.34. The monoisotopic (exact) mass is 246 g/mol. The number of rotatable bonds is 5. The number of ether oxygens (including phenoxy) is 1. The highest BCUT2D eigenvalue weighted by atomic mass is 16.5. The molecule has 1 fully saturated rings. The van der Waals surface area contributed by atoms with Crippen molar-refractivity contribution in [1.29, 1.82) is 0 Å². The first-order chi connectivity index (χ1) is 8.83. The second kappa shape index (κ2) is 5.31. The minimum absolute atomic E-state index is 0.150. The Balaban J connectivity index is 1.52. The molecule has 0 bridgehead atoms. The van der Waals surface area contributed by atoms with E-state index in [0.29, 0.717) is 12.5 Å². The molecule has 0 heterocycles. The van der Waals surface area contributed by atoms with Gasteiger partial charge in [-0.15, -0.1) is 0 Å². The van der Waals surface area contributed by atoms with Crippen LogP contribution in [0.2, 0.25) is 0 Å². The van der Waals surface area contributed by atoms with E-state index in [2.05, 4.69) is 18.2 Å². The average molecular weight is 246 g/mol. The first kappa shape index (κ1) is 12.0. The van der Waals surface area contributed by atoms with Gasteiger partial charge in [0.05, 0.1) is 12.7 Å². The van der Waals surface area contributed by atoms with Gasteiger partial charge in [0.2, 0.25) is 0 Å². The Morgan fingerprint density at radius 3 is 2.72 bits per heavy atom. The van der Waals surface area contributed by atoms with Gasteiger partial charge in [-0.05, 0) is 67.7 Å². The molecule has 0 aliphatic heterocycles. The van der Waals surface area contributed by atoms with Crippen LogP contribution >= 0.6 is 0 Å². The van der Waals surface area contributed by atoms with Gasteiger partial charge >= 0.3 is 0 Å². The molecule has 0 saturated heterocycles. The number of aliphatic hydroxyl groups excluding tert-OH is 1. The van der Waals surface area contributed by atoms with E-state index in [4.69, 9.17) is 4.74 Å². The lowest BCUT2D eigenvalue weighted by atomic mass is 9.92. The molecule has 1 N–H and O–H groups in total. The van der Waals surface area contributed by atoms with Crippen molar-refractivity contribution in [3.8, 4) is 5.75 Å². The van der Waals surface area contributed by atoms with E-state index in [0.717, 1.165) is 12.2 Å². The predicted molar refractivity (Wildman–Crippen MR) is 71.9 cm³/mol. The van der Waals surface area contributed by atoms with Gasteiger partial charge < -0.3 is 9.84 Å². The van der Waals surface area contributed by atoms with Gasteiger partial charge in [0.1, 0.15) is 5.75 Å². The van der Waals surface area contributed by atoms with Crippen molar-refractivity contribution in [2.45, 2.75) is 51.0 Å². The van der Waals surface area contributed by atoms with E-state index in [1.807, 2.05) is 0 Å². The molecule has 2 nitrogen and oxygen atoms in total. The molecule has 1 aromatic carbocycles. The lowest BCUT2D eigenvalue weighted by molar-refractivity contribution is 0.119. The smallest absolute Gasteiger partial charge is 0.119 e. The summed E-state index contributed by atoms with van der Waals surface area (Å²) >= 11 is 0. The third-order valence-electron chi connectivity index (χ3n) is 4.17. The van der Waals surface area contributed by atoms with Crippen molar-refractivity contribution in [1.82, 2.24) is 0 Å². The summed E-state index contributed by atoms with van der Waals surface area (Å²) in [4.78, 5) is 0. The maximum atomic E-state index is 9.78. The van der Waals surface area contributed by atoms with E-state index in [-0.39, 0.29) is 6.10 Å². The predicted octanol–water partition coefficient (Wildman–Crippen LogP) is 3.11. The van der Waals surface area contributed by atoms with Crippen molar-refractivity contribution in [2.24, 2.45) is 5.92 Å². The van der Waals surface area contributed by atoms with Crippen LogP contribution in [0.5, 0.6) is 5.75 Å². The van der Waals surface area contributed by atoms with Crippen LogP contribution in [0.4, 0.5) is 0 Å². The van der Waals surface area contributed by atoms with Gasteiger partial charge in [-0.3, -0.25) is 0 Å². The SMILES string of the molecule is OC(CCOc1ccc2c(c1)CCCC2)C1CC1. The van der Waals surface area contributed by atoms with Gasteiger partial charge in [-0.25, -0.2) is 0 Å². The molecule has 2 heteroatoms. The highest BCUT2D eigenvalue weighted by Gasteiger charge is 2.29. The fourth-order valence-corrected chi connectivity index (χ4v) is 2.81. The summed E-state index contributed by atoms with van der Waals surface area (Å²) in [6.07, 6.45) is 8.04. The summed E-state index contributed by atoms with van der Waals surface area (Å²) in [6.45, 7) is 0.635. The minimum Gasteiger partial charge on any atom is -0.493 e. The fraction of sp³-hybridized carbons (Fsp3) is 0.625. The van der Waals surface area contributed by atoms with Crippen LogP contribution in [0.3, 0.4) is 0 Å². The molecule has 2 aliphatic carbocycles. The molecule has 1 unspecified atom stereocenters. The van der Waals surface area contributed by atoms with E-state index in [1.165, 1.54) is 49.7 Å². The summed E-state index contributed by atoms with van der Waals surface area (Å²) in [5, 5.41) is 9.78. The second-order valence-corrected chi connectivity index (χ2v) is 5.68. The van der Waals surface area contributed by atoms with Crippen LogP contribution in [0, 0.1) is 5.92 Å². The minimum atomic E-state index is -0.150. The van der Waals surface area contributed by atoms with Crippen molar-refractivity contribution in [3.05, 3.63) is 29.3 Å². The Kier molecular flexibility index (Phi) is 3.55. The van der Waals surface area contributed by atoms with Crippen LogP contribution in [0.1, 0.15) is 43.2 Å². The summed E-state index contributed by atoms with van der Waals surface area (Å²) in [5.41, 5.74) is 2.95. The number of fused-ring (bicyclic) bond motifs is 1. The molecule has 18 heavy (non-hydrogen) atoms. The average Bonchev–Trinajstić information content (AvgIpc) is 3.23. The molecule has 0 spiro atoms. The van der Waals surface area contributed by atoms with Crippen LogP contribution < -0.4 is 4.74 Å². The third kappa shape index (κ3) is 2.86. The molecular formula is C16H22O2. The zero-order valence-electron chi connectivity index (χ0n) is 10.9. The molecule has 1 atom stereocenters. The molecule has 1 aromatic rings. The maximum Gasteiger partial charge on any atom is 0.119 e. The van der Waals surface area contributed by atoms with Crippen molar-refractivity contribution in [3.63, 3.8) is 0 Å². The van der Waals surface area contributed by atoms with Gasteiger partial charge in [-0.1, -0.05) is 6.07 Å². The van der Waals surface area contributed by atoms with Crippen LogP contribution in [-0.4, -0.2) is 17.8 Å². The Morgan fingerprint density at radius 1 is 1.17 bits per heavy atom. The third-order valence-corrected chi connectivity index (χ3v) is 4.17. The standard InChI is InChI=1S/C16H22O2/c17-16(13-5-6-13)9-10-18-15-8-7-12-3-1-2-4-14(12)11-15/h7-8,11,13,16-17H,1-6,9-10H2. The van der Waals surface area contributed by atoms with E-state index < -0.39 is 0 Å². The molecule has 0 amide bonds. The Hall–Kier alpha value is -1.02. The summed E-state index contributed by atoms with van der Waals surface area (Å²) in [5.74, 6) is 1.52. The van der Waals surface area contributed by atoms with Gasteiger partial charge in [-0.2, -0.15) is 0 Å².